The largest absolute Gasteiger partial charge is 0.497 e. The van der Waals surface area contributed by atoms with E-state index in [1.165, 1.54) is 32.6 Å². The summed E-state index contributed by atoms with van der Waals surface area (Å²) in [5.74, 6) is 1.10. The van der Waals surface area contributed by atoms with Crippen LogP contribution in [0.5, 0.6) is 11.5 Å². The van der Waals surface area contributed by atoms with Crippen LogP contribution >= 0.6 is 0 Å². The van der Waals surface area contributed by atoms with Crippen LogP contribution in [0, 0.1) is 10.1 Å². The summed E-state index contributed by atoms with van der Waals surface area (Å²) in [5.41, 5.74) is 3.11. The third kappa shape index (κ3) is 5.32. The van der Waals surface area contributed by atoms with Crippen molar-refractivity contribution in [2.75, 3.05) is 24.4 Å². The van der Waals surface area contributed by atoms with Gasteiger partial charge in [-0.15, -0.1) is 0 Å². The monoisotopic (exact) mass is 456 g/mol. The van der Waals surface area contributed by atoms with Crippen LogP contribution in [0.3, 0.4) is 0 Å². The van der Waals surface area contributed by atoms with Gasteiger partial charge in [0.15, 0.2) is 0 Å². The number of benzene rings is 3. The molecule has 0 aromatic heterocycles. The molecule has 10 nitrogen and oxygen atoms in total. The number of ether oxygens (including phenoxy) is 2. The van der Waals surface area contributed by atoms with Crippen molar-refractivity contribution in [1.29, 1.82) is 0 Å². The molecule has 0 aliphatic heterocycles. The minimum Gasteiger partial charge on any atom is -0.497 e. The first-order valence-corrected chi connectivity index (χ1v) is 10.7. The number of nitro groups is 1. The van der Waals surface area contributed by atoms with Gasteiger partial charge in [-0.3, -0.25) is 20.3 Å². The van der Waals surface area contributed by atoms with Gasteiger partial charge in [0.2, 0.25) is 0 Å². The van der Waals surface area contributed by atoms with Crippen LogP contribution in [0.1, 0.15) is 5.56 Å². The minimum atomic E-state index is -4.01. The van der Waals surface area contributed by atoms with Crippen LogP contribution in [-0.2, 0) is 10.0 Å². The van der Waals surface area contributed by atoms with Gasteiger partial charge in [-0.25, -0.2) is 8.42 Å². The molecule has 0 amide bonds. The first-order chi connectivity index (χ1) is 15.3. The SMILES string of the molecule is COc1ccc(/C=N/Nc2ccc(S(=O)(=O)Nc3ccccc3)cc2[N+](=O)[O-])c(OC)c1. The van der Waals surface area contributed by atoms with Crippen molar-refractivity contribution in [2.24, 2.45) is 5.10 Å². The Morgan fingerprint density at radius 2 is 1.75 bits per heavy atom. The van der Waals surface area contributed by atoms with Crippen LogP contribution < -0.4 is 19.6 Å². The van der Waals surface area contributed by atoms with Crippen LogP contribution in [0.15, 0.2) is 76.7 Å². The maximum absolute atomic E-state index is 12.6. The summed E-state index contributed by atoms with van der Waals surface area (Å²) in [6.07, 6.45) is 1.42. The maximum atomic E-state index is 12.6. The van der Waals surface area contributed by atoms with E-state index in [1.807, 2.05) is 0 Å². The predicted octanol–water partition coefficient (Wildman–Crippen LogP) is 3.86. The average molecular weight is 456 g/mol. The van der Waals surface area contributed by atoms with E-state index in [2.05, 4.69) is 15.2 Å². The molecule has 0 saturated carbocycles. The molecular formula is C21H20N4O6S. The molecular weight excluding hydrogens is 436 g/mol. The first kappa shape index (κ1) is 22.6. The molecule has 0 heterocycles. The zero-order valence-corrected chi connectivity index (χ0v) is 18.0. The Kier molecular flexibility index (Phi) is 6.90. The molecule has 166 valence electrons. The number of rotatable bonds is 9. The molecule has 11 heteroatoms. The number of nitrogens with one attached hydrogen (secondary N) is 2. The number of methoxy groups -OCH3 is 2. The standard InChI is InChI=1S/C21H20N4O6S/c1-30-17-9-8-15(21(12-17)31-2)14-22-23-19-11-10-18(13-20(19)25(26)27)32(28,29)24-16-6-4-3-5-7-16/h3-14,23-24H,1-2H3/b22-14+. The third-order valence-corrected chi connectivity index (χ3v) is 5.71. The normalized spacial score (nSPS) is 11.2. The second kappa shape index (κ2) is 9.79. The highest BCUT2D eigenvalue weighted by atomic mass is 32.2. The number of anilines is 2. The van der Waals surface area contributed by atoms with Crippen LogP contribution in [0.4, 0.5) is 17.1 Å². The number of hydrogen-bond acceptors (Lipinski definition) is 8. The van der Waals surface area contributed by atoms with Crippen LogP contribution in [-0.4, -0.2) is 33.8 Å². The molecule has 0 fully saturated rings. The van der Waals surface area contributed by atoms with Crippen molar-refractivity contribution in [3.05, 3.63) is 82.4 Å². The maximum Gasteiger partial charge on any atom is 0.295 e. The van der Waals surface area contributed by atoms with Gasteiger partial charge in [-0.2, -0.15) is 5.10 Å². The molecule has 3 aromatic carbocycles. The molecule has 2 N–H and O–H groups in total. The highest BCUT2D eigenvalue weighted by molar-refractivity contribution is 7.92. The Morgan fingerprint density at radius 1 is 1.00 bits per heavy atom. The summed E-state index contributed by atoms with van der Waals surface area (Å²) >= 11 is 0. The van der Waals surface area contributed by atoms with Gasteiger partial charge in [-0.05, 0) is 36.4 Å². The highest BCUT2D eigenvalue weighted by Gasteiger charge is 2.21. The van der Waals surface area contributed by atoms with E-state index in [1.54, 1.807) is 48.5 Å². The fourth-order valence-electron chi connectivity index (χ4n) is 2.74. The number of hydrazone groups is 1. The Balaban J connectivity index is 1.84. The molecule has 3 aromatic rings. The summed E-state index contributed by atoms with van der Waals surface area (Å²) in [5, 5.41) is 15.5. The van der Waals surface area contributed by atoms with E-state index in [9.17, 15) is 18.5 Å². The molecule has 0 saturated heterocycles. The van der Waals surface area contributed by atoms with Crippen LogP contribution in [0.2, 0.25) is 0 Å². The lowest BCUT2D eigenvalue weighted by Gasteiger charge is -2.09. The summed E-state index contributed by atoms with van der Waals surface area (Å²) in [4.78, 5) is 10.6. The van der Waals surface area contributed by atoms with Gasteiger partial charge in [-0.1, -0.05) is 18.2 Å². The van der Waals surface area contributed by atoms with Crippen molar-refractivity contribution < 1.29 is 22.8 Å². The quantitative estimate of drug-likeness (QED) is 0.284. The van der Waals surface area contributed by atoms with Gasteiger partial charge in [0, 0.05) is 23.4 Å². The molecule has 0 atom stereocenters. The van der Waals surface area contributed by atoms with Crippen molar-refractivity contribution in [3.63, 3.8) is 0 Å². The van der Waals surface area contributed by atoms with Gasteiger partial charge in [0.25, 0.3) is 15.7 Å². The fraction of sp³-hybridized carbons (Fsp3) is 0.0952. The van der Waals surface area contributed by atoms with Gasteiger partial charge < -0.3 is 9.47 Å². The van der Waals surface area contributed by atoms with Crippen molar-refractivity contribution in [1.82, 2.24) is 0 Å². The second-order valence-corrected chi connectivity index (χ2v) is 8.07. The molecule has 0 bridgehead atoms. The fourth-order valence-corrected chi connectivity index (χ4v) is 3.82. The summed E-state index contributed by atoms with van der Waals surface area (Å²) < 4.78 is 38.0. The van der Waals surface area contributed by atoms with E-state index < -0.39 is 20.6 Å². The molecule has 0 aliphatic rings. The Hall–Kier alpha value is -4.12. The Bertz CT molecular complexity index is 1250. The highest BCUT2D eigenvalue weighted by Crippen LogP contribution is 2.29. The van der Waals surface area contributed by atoms with E-state index in [0.29, 0.717) is 22.7 Å². The minimum absolute atomic E-state index is 0.0254. The van der Waals surface area contributed by atoms with Crippen molar-refractivity contribution in [2.45, 2.75) is 4.90 Å². The molecule has 0 unspecified atom stereocenters. The van der Waals surface area contributed by atoms with Gasteiger partial charge in [0.05, 0.1) is 30.3 Å². The van der Waals surface area contributed by atoms with Gasteiger partial charge >= 0.3 is 0 Å². The topological polar surface area (TPSA) is 132 Å². The van der Waals surface area contributed by atoms with Gasteiger partial charge in [0.1, 0.15) is 17.2 Å². The Morgan fingerprint density at radius 3 is 2.41 bits per heavy atom. The van der Waals surface area contributed by atoms with E-state index in [0.717, 1.165) is 6.07 Å². The molecule has 32 heavy (non-hydrogen) atoms. The average Bonchev–Trinajstić information content (AvgIpc) is 2.79. The van der Waals surface area contributed by atoms with Crippen molar-refractivity contribution in [3.8, 4) is 11.5 Å². The lowest BCUT2D eigenvalue weighted by Crippen LogP contribution is -2.13. The molecule has 0 radical (unpaired) electrons. The number of nitrogens with zero attached hydrogens (tertiary/aromatic N) is 2. The number of hydrogen-bond donors (Lipinski definition) is 2. The smallest absolute Gasteiger partial charge is 0.295 e. The van der Waals surface area contributed by atoms with Crippen LogP contribution in [0.25, 0.3) is 0 Å². The molecule has 0 aliphatic carbocycles. The second-order valence-electron chi connectivity index (χ2n) is 6.39. The van der Waals surface area contributed by atoms with E-state index in [4.69, 9.17) is 9.47 Å². The summed E-state index contributed by atoms with van der Waals surface area (Å²) in [6.45, 7) is 0. The van der Waals surface area contributed by atoms with E-state index >= 15 is 0 Å². The lowest BCUT2D eigenvalue weighted by molar-refractivity contribution is -0.384. The summed E-state index contributed by atoms with van der Waals surface area (Å²) in [7, 11) is -0.991. The third-order valence-electron chi connectivity index (χ3n) is 4.33. The Labute approximate surface area is 184 Å². The number of sulfonamides is 1. The summed E-state index contributed by atoms with van der Waals surface area (Å²) in [6, 6.07) is 16.8. The number of para-hydroxylation sites is 1. The van der Waals surface area contributed by atoms with E-state index in [-0.39, 0.29) is 10.6 Å². The first-order valence-electron chi connectivity index (χ1n) is 9.21. The van der Waals surface area contributed by atoms with Crippen molar-refractivity contribution >= 4 is 33.3 Å². The molecule has 0 spiro atoms. The predicted molar refractivity (Wildman–Crippen MR) is 121 cm³/mol. The molecule has 3 rings (SSSR count). The number of nitro benzene ring substituents is 1. The zero-order valence-electron chi connectivity index (χ0n) is 17.2. The lowest BCUT2D eigenvalue weighted by atomic mass is 10.2. The zero-order chi connectivity index (χ0) is 23.1.